The van der Waals surface area contributed by atoms with Crippen LogP contribution in [-0.4, -0.2) is 29.8 Å². The number of hydrogen-bond acceptors (Lipinski definition) is 2. The monoisotopic (exact) mass is 293 g/mol. The summed E-state index contributed by atoms with van der Waals surface area (Å²) < 4.78 is 1.18. The van der Waals surface area contributed by atoms with Crippen molar-refractivity contribution in [1.82, 2.24) is 4.90 Å². The standard InChI is InChI=1S/C15H16ClNOS/c16-10-11-5-7-17(8-6-11)15(18)14-9-12-3-1-2-4-13(12)19-14/h1-4,9,11H,5-8,10H2. The van der Waals surface area contributed by atoms with Crippen LogP contribution in [0.4, 0.5) is 0 Å². The van der Waals surface area contributed by atoms with Gasteiger partial charge in [0.1, 0.15) is 0 Å². The second-order valence-corrected chi connectivity index (χ2v) is 6.43. The lowest BCUT2D eigenvalue weighted by Crippen LogP contribution is -2.38. The minimum atomic E-state index is 0.175. The van der Waals surface area contributed by atoms with Gasteiger partial charge in [0.25, 0.3) is 5.91 Å². The van der Waals surface area contributed by atoms with E-state index in [2.05, 4.69) is 12.1 Å². The molecule has 1 aliphatic heterocycles. The Bertz CT molecular complexity index is 554. The first-order valence-electron chi connectivity index (χ1n) is 6.62. The van der Waals surface area contributed by atoms with Crippen molar-refractivity contribution in [2.75, 3.05) is 19.0 Å². The molecule has 19 heavy (non-hydrogen) atoms. The molecule has 2 aromatic rings. The number of carbonyl (C=O) groups excluding carboxylic acids is 1. The van der Waals surface area contributed by atoms with Gasteiger partial charge in [0.15, 0.2) is 0 Å². The molecule has 1 fully saturated rings. The number of likely N-dealkylation sites (tertiary alicyclic amines) is 1. The number of piperidine rings is 1. The number of amides is 1. The predicted molar refractivity (Wildman–Crippen MR) is 81.2 cm³/mol. The third-order valence-electron chi connectivity index (χ3n) is 3.76. The molecular formula is C15H16ClNOS. The van der Waals surface area contributed by atoms with Crippen molar-refractivity contribution in [2.45, 2.75) is 12.8 Å². The number of rotatable bonds is 2. The molecular weight excluding hydrogens is 278 g/mol. The summed E-state index contributed by atoms with van der Waals surface area (Å²) in [5.41, 5.74) is 0. The van der Waals surface area contributed by atoms with Crippen LogP contribution < -0.4 is 0 Å². The van der Waals surface area contributed by atoms with Gasteiger partial charge in [-0.25, -0.2) is 0 Å². The van der Waals surface area contributed by atoms with Gasteiger partial charge in [-0.05, 0) is 36.3 Å². The average molecular weight is 294 g/mol. The Labute approximate surface area is 122 Å². The summed E-state index contributed by atoms with van der Waals surface area (Å²) in [6, 6.07) is 10.2. The first kappa shape index (κ1) is 12.9. The zero-order chi connectivity index (χ0) is 13.2. The van der Waals surface area contributed by atoms with E-state index < -0.39 is 0 Å². The Hall–Kier alpha value is -1.06. The second-order valence-electron chi connectivity index (χ2n) is 5.04. The third-order valence-corrected chi connectivity index (χ3v) is 5.30. The van der Waals surface area contributed by atoms with E-state index in [1.165, 1.54) is 4.70 Å². The van der Waals surface area contributed by atoms with Gasteiger partial charge in [0.2, 0.25) is 0 Å². The number of alkyl halides is 1. The molecule has 0 unspecified atom stereocenters. The summed E-state index contributed by atoms with van der Waals surface area (Å²) in [7, 11) is 0. The molecule has 2 nitrogen and oxygen atoms in total. The largest absolute Gasteiger partial charge is 0.338 e. The van der Waals surface area contributed by atoms with E-state index in [9.17, 15) is 4.79 Å². The van der Waals surface area contributed by atoms with Gasteiger partial charge in [0.05, 0.1) is 4.88 Å². The van der Waals surface area contributed by atoms with Crippen LogP contribution in [0.5, 0.6) is 0 Å². The molecule has 1 aromatic heterocycles. The Morgan fingerprint density at radius 1 is 1.32 bits per heavy atom. The van der Waals surface area contributed by atoms with Gasteiger partial charge in [-0.2, -0.15) is 0 Å². The molecule has 0 spiro atoms. The van der Waals surface area contributed by atoms with Crippen LogP contribution in [0.2, 0.25) is 0 Å². The number of nitrogens with zero attached hydrogens (tertiary/aromatic N) is 1. The molecule has 0 aliphatic carbocycles. The Kier molecular flexibility index (Phi) is 3.76. The number of benzene rings is 1. The molecule has 1 saturated heterocycles. The van der Waals surface area contributed by atoms with E-state index in [0.717, 1.165) is 36.2 Å². The maximum absolute atomic E-state index is 12.5. The van der Waals surface area contributed by atoms with Gasteiger partial charge >= 0.3 is 0 Å². The lowest BCUT2D eigenvalue weighted by molar-refractivity contribution is 0.0703. The summed E-state index contributed by atoms with van der Waals surface area (Å²) in [6.45, 7) is 1.68. The van der Waals surface area contributed by atoms with E-state index >= 15 is 0 Å². The smallest absolute Gasteiger partial charge is 0.263 e. The molecule has 3 rings (SSSR count). The maximum atomic E-state index is 12.5. The Balaban J connectivity index is 1.77. The minimum Gasteiger partial charge on any atom is -0.338 e. The number of halogens is 1. The average Bonchev–Trinajstić information content (AvgIpc) is 2.90. The normalized spacial score (nSPS) is 17.0. The molecule has 4 heteroatoms. The fourth-order valence-electron chi connectivity index (χ4n) is 2.53. The molecule has 1 aromatic carbocycles. The highest BCUT2D eigenvalue weighted by Gasteiger charge is 2.24. The van der Waals surface area contributed by atoms with Crippen LogP contribution >= 0.6 is 22.9 Å². The van der Waals surface area contributed by atoms with Crippen molar-refractivity contribution in [1.29, 1.82) is 0 Å². The first-order chi connectivity index (χ1) is 9.28. The van der Waals surface area contributed by atoms with Crippen molar-refractivity contribution < 1.29 is 4.79 Å². The summed E-state index contributed by atoms with van der Waals surface area (Å²) >= 11 is 7.46. The van der Waals surface area contributed by atoms with E-state index in [1.807, 2.05) is 23.1 Å². The highest BCUT2D eigenvalue weighted by Crippen LogP contribution is 2.28. The quantitative estimate of drug-likeness (QED) is 0.767. The predicted octanol–water partition coefficient (Wildman–Crippen LogP) is 3.99. The molecule has 1 aliphatic rings. The number of hydrogen-bond donors (Lipinski definition) is 0. The van der Waals surface area contributed by atoms with Crippen molar-refractivity contribution in [3.63, 3.8) is 0 Å². The number of fused-ring (bicyclic) bond motifs is 1. The van der Waals surface area contributed by atoms with Gasteiger partial charge in [0, 0.05) is 23.7 Å². The summed E-state index contributed by atoms with van der Waals surface area (Å²) in [5.74, 6) is 1.47. The van der Waals surface area contributed by atoms with Gasteiger partial charge in [-0.1, -0.05) is 18.2 Å². The van der Waals surface area contributed by atoms with Crippen molar-refractivity contribution in [3.05, 3.63) is 35.2 Å². The highest BCUT2D eigenvalue weighted by atomic mass is 35.5. The zero-order valence-corrected chi connectivity index (χ0v) is 12.2. The highest BCUT2D eigenvalue weighted by molar-refractivity contribution is 7.20. The second kappa shape index (κ2) is 5.51. The molecule has 0 saturated carbocycles. The van der Waals surface area contributed by atoms with Crippen molar-refractivity contribution >= 4 is 38.9 Å². The summed E-state index contributed by atoms with van der Waals surface area (Å²) in [4.78, 5) is 15.3. The molecule has 0 radical (unpaired) electrons. The van der Waals surface area contributed by atoms with E-state index in [-0.39, 0.29) is 5.91 Å². The van der Waals surface area contributed by atoms with Crippen LogP contribution in [-0.2, 0) is 0 Å². The van der Waals surface area contributed by atoms with Crippen LogP contribution in [0.1, 0.15) is 22.5 Å². The van der Waals surface area contributed by atoms with E-state index in [1.54, 1.807) is 11.3 Å². The van der Waals surface area contributed by atoms with Gasteiger partial charge < -0.3 is 4.90 Å². The molecule has 0 bridgehead atoms. The fourth-order valence-corrected chi connectivity index (χ4v) is 3.87. The lowest BCUT2D eigenvalue weighted by Gasteiger charge is -2.30. The summed E-state index contributed by atoms with van der Waals surface area (Å²) in [6.07, 6.45) is 2.06. The molecule has 0 atom stereocenters. The number of carbonyl (C=O) groups is 1. The Morgan fingerprint density at radius 3 is 2.74 bits per heavy atom. The van der Waals surface area contributed by atoms with E-state index in [4.69, 9.17) is 11.6 Å². The zero-order valence-electron chi connectivity index (χ0n) is 10.6. The SMILES string of the molecule is O=C(c1cc2ccccc2s1)N1CCC(CCl)CC1. The number of thiophene rings is 1. The molecule has 2 heterocycles. The molecule has 0 N–H and O–H groups in total. The van der Waals surface area contributed by atoms with Gasteiger partial charge in [-0.15, -0.1) is 22.9 Å². The van der Waals surface area contributed by atoms with Crippen LogP contribution in [0.15, 0.2) is 30.3 Å². The van der Waals surface area contributed by atoms with E-state index in [0.29, 0.717) is 11.8 Å². The van der Waals surface area contributed by atoms with Crippen LogP contribution in [0.3, 0.4) is 0 Å². The van der Waals surface area contributed by atoms with Crippen LogP contribution in [0.25, 0.3) is 10.1 Å². The third kappa shape index (κ3) is 2.63. The Morgan fingerprint density at radius 2 is 2.05 bits per heavy atom. The molecule has 1 amide bonds. The minimum absolute atomic E-state index is 0.175. The van der Waals surface area contributed by atoms with Gasteiger partial charge in [-0.3, -0.25) is 4.79 Å². The van der Waals surface area contributed by atoms with Crippen molar-refractivity contribution in [2.24, 2.45) is 5.92 Å². The maximum Gasteiger partial charge on any atom is 0.263 e. The van der Waals surface area contributed by atoms with Crippen molar-refractivity contribution in [3.8, 4) is 0 Å². The molecule has 100 valence electrons. The lowest BCUT2D eigenvalue weighted by atomic mass is 9.99. The fraction of sp³-hybridized carbons (Fsp3) is 0.400. The summed E-state index contributed by atoms with van der Waals surface area (Å²) in [5, 5.41) is 1.16. The van der Waals surface area contributed by atoms with Crippen LogP contribution in [0, 0.1) is 5.92 Å². The first-order valence-corrected chi connectivity index (χ1v) is 7.97. The topological polar surface area (TPSA) is 20.3 Å².